The van der Waals surface area contributed by atoms with Crippen LogP contribution in [0.2, 0.25) is 0 Å². The fourth-order valence-electron chi connectivity index (χ4n) is 1.27. The normalized spacial score (nSPS) is 10.6. The SMILES string of the molecule is O=[N+]([O-])c1ccc2cc(O)n(O)c2c1. The van der Waals surface area contributed by atoms with Crippen LogP contribution >= 0.6 is 0 Å². The number of non-ortho nitro benzene ring substituents is 1. The summed E-state index contributed by atoms with van der Waals surface area (Å²) < 4.78 is 0.502. The van der Waals surface area contributed by atoms with Crippen molar-refractivity contribution in [2.24, 2.45) is 0 Å². The van der Waals surface area contributed by atoms with E-state index in [1.807, 2.05) is 0 Å². The van der Waals surface area contributed by atoms with E-state index in [-0.39, 0.29) is 17.1 Å². The number of rotatable bonds is 1. The van der Waals surface area contributed by atoms with Crippen molar-refractivity contribution in [3.05, 3.63) is 34.4 Å². The molecule has 2 aromatic rings. The maximum Gasteiger partial charge on any atom is 0.271 e. The molecule has 14 heavy (non-hydrogen) atoms. The largest absolute Gasteiger partial charge is 0.492 e. The standard InChI is InChI=1S/C8H6N2O4/c11-8-3-5-1-2-6(10(13)14)4-7(5)9(8)12/h1-4,11-12H. The topological polar surface area (TPSA) is 88.5 Å². The maximum atomic E-state index is 10.4. The predicted octanol–water partition coefficient (Wildman–Crippen LogP) is 1.49. The van der Waals surface area contributed by atoms with Crippen molar-refractivity contribution in [2.75, 3.05) is 0 Å². The van der Waals surface area contributed by atoms with Gasteiger partial charge in [-0.15, -0.1) is 0 Å². The summed E-state index contributed by atoms with van der Waals surface area (Å²) in [7, 11) is 0. The molecule has 1 aromatic heterocycles. The monoisotopic (exact) mass is 194 g/mol. The minimum absolute atomic E-state index is 0.133. The molecule has 6 nitrogen and oxygen atoms in total. The number of aromatic hydroxyl groups is 1. The molecular formula is C8H6N2O4. The van der Waals surface area contributed by atoms with E-state index in [4.69, 9.17) is 5.11 Å². The second-order valence-corrected chi connectivity index (χ2v) is 2.81. The summed E-state index contributed by atoms with van der Waals surface area (Å²) in [5.74, 6) is -0.347. The molecule has 0 saturated carbocycles. The minimum Gasteiger partial charge on any atom is -0.492 e. The Labute approximate surface area is 77.7 Å². The van der Waals surface area contributed by atoms with Crippen molar-refractivity contribution in [1.82, 2.24) is 4.73 Å². The molecule has 0 spiro atoms. The second-order valence-electron chi connectivity index (χ2n) is 2.81. The third-order valence-electron chi connectivity index (χ3n) is 1.95. The van der Waals surface area contributed by atoms with Crippen molar-refractivity contribution in [1.29, 1.82) is 0 Å². The van der Waals surface area contributed by atoms with Gasteiger partial charge in [0, 0.05) is 23.6 Å². The molecule has 1 aromatic carbocycles. The van der Waals surface area contributed by atoms with Gasteiger partial charge in [0.15, 0.2) is 0 Å². The van der Waals surface area contributed by atoms with Crippen molar-refractivity contribution in [3.8, 4) is 5.88 Å². The van der Waals surface area contributed by atoms with E-state index >= 15 is 0 Å². The first-order chi connectivity index (χ1) is 6.59. The van der Waals surface area contributed by atoms with Crippen LogP contribution in [0.4, 0.5) is 5.69 Å². The Balaban J connectivity index is 2.76. The molecule has 0 amide bonds. The fraction of sp³-hybridized carbons (Fsp3) is 0. The van der Waals surface area contributed by atoms with E-state index in [1.165, 1.54) is 24.3 Å². The summed E-state index contributed by atoms with van der Waals surface area (Å²) >= 11 is 0. The van der Waals surface area contributed by atoms with Gasteiger partial charge in [-0.05, 0) is 6.07 Å². The number of aromatic nitrogens is 1. The van der Waals surface area contributed by atoms with Crippen LogP contribution < -0.4 is 0 Å². The molecule has 2 rings (SSSR count). The minimum atomic E-state index is -0.566. The summed E-state index contributed by atoms with van der Waals surface area (Å²) in [6, 6.07) is 5.27. The van der Waals surface area contributed by atoms with Crippen LogP contribution in [0.5, 0.6) is 5.88 Å². The molecule has 0 aliphatic carbocycles. The Hall–Kier alpha value is -2.24. The number of hydrogen-bond acceptors (Lipinski definition) is 4. The summed E-state index contributed by atoms with van der Waals surface area (Å²) in [6.07, 6.45) is 0. The molecule has 0 saturated heterocycles. The van der Waals surface area contributed by atoms with Crippen molar-refractivity contribution in [3.63, 3.8) is 0 Å². The summed E-state index contributed by atoms with van der Waals surface area (Å²) in [5, 5.41) is 29.3. The lowest BCUT2D eigenvalue weighted by atomic mass is 10.2. The van der Waals surface area contributed by atoms with Gasteiger partial charge in [-0.3, -0.25) is 10.1 Å². The van der Waals surface area contributed by atoms with Gasteiger partial charge in [0.1, 0.15) is 0 Å². The molecule has 0 radical (unpaired) electrons. The molecule has 0 unspecified atom stereocenters. The number of nitro benzene ring substituents is 1. The van der Waals surface area contributed by atoms with Crippen molar-refractivity contribution >= 4 is 16.6 Å². The van der Waals surface area contributed by atoms with Crippen LogP contribution in [-0.4, -0.2) is 20.0 Å². The number of benzene rings is 1. The van der Waals surface area contributed by atoms with Crippen molar-refractivity contribution < 1.29 is 15.2 Å². The van der Waals surface area contributed by atoms with E-state index in [0.717, 1.165) is 0 Å². The Morgan fingerprint density at radius 2 is 2.07 bits per heavy atom. The number of fused-ring (bicyclic) bond motifs is 1. The van der Waals surface area contributed by atoms with Crippen LogP contribution in [0.3, 0.4) is 0 Å². The smallest absolute Gasteiger partial charge is 0.271 e. The molecular weight excluding hydrogens is 188 g/mol. The molecule has 0 fully saturated rings. The van der Waals surface area contributed by atoms with Gasteiger partial charge in [-0.25, -0.2) is 0 Å². The Kier molecular flexibility index (Phi) is 1.57. The number of nitro groups is 1. The van der Waals surface area contributed by atoms with Gasteiger partial charge in [-0.1, -0.05) is 0 Å². The van der Waals surface area contributed by atoms with Gasteiger partial charge < -0.3 is 10.3 Å². The lowest BCUT2D eigenvalue weighted by molar-refractivity contribution is -0.384. The Bertz CT molecular complexity index is 517. The van der Waals surface area contributed by atoms with Gasteiger partial charge in [-0.2, -0.15) is 4.73 Å². The van der Waals surface area contributed by atoms with Crippen LogP contribution in [0.25, 0.3) is 10.9 Å². The molecule has 72 valence electrons. The third-order valence-corrected chi connectivity index (χ3v) is 1.95. The van der Waals surface area contributed by atoms with Crippen LogP contribution in [0, 0.1) is 10.1 Å². The number of nitrogens with zero attached hydrogens (tertiary/aromatic N) is 2. The summed E-state index contributed by atoms with van der Waals surface area (Å²) in [6.45, 7) is 0. The molecule has 6 heteroatoms. The van der Waals surface area contributed by atoms with Crippen LogP contribution in [-0.2, 0) is 0 Å². The predicted molar refractivity (Wildman–Crippen MR) is 47.4 cm³/mol. The molecule has 0 aliphatic heterocycles. The second kappa shape index (κ2) is 2.63. The molecule has 1 heterocycles. The highest BCUT2D eigenvalue weighted by Crippen LogP contribution is 2.26. The zero-order valence-corrected chi connectivity index (χ0v) is 6.91. The highest BCUT2D eigenvalue weighted by Gasteiger charge is 2.11. The van der Waals surface area contributed by atoms with Gasteiger partial charge in [0.2, 0.25) is 5.88 Å². The van der Waals surface area contributed by atoms with Crippen LogP contribution in [0.15, 0.2) is 24.3 Å². The van der Waals surface area contributed by atoms with E-state index in [9.17, 15) is 15.3 Å². The Morgan fingerprint density at radius 1 is 1.36 bits per heavy atom. The van der Waals surface area contributed by atoms with E-state index in [1.54, 1.807) is 0 Å². The highest BCUT2D eigenvalue weighted by atomic mass is 16.6. The van der Waals surface area contributed by atoms with E-state index < -0.39 is 4.92 Å². The molecule has 0 atom stereocenters. The lowest BCUT2D eigenvalue weighted by Gasteiger charge is -1.95. The zero-order valence-electron chi connectivity index (χ0n) is 6.91. The van der Waals surface area contributed by atoms with Gasteiger partial charge >= 0.3 is 0 Å². The highest BCUT2D eigenvalue weighted by molar-refractivity contribution is 5.83. The zero-order chi connectivity index (χ0) is 10.3. The molecule has 2 N–H and O–H groups in total. The lowest BCUT2D eigenvalue weighted by Crippen LogP contribution is -1.90. The first kappa shape index (κ1) is 8.36. The first-order valence-electron chi connectivity index (χ1n) is 3.77. The average Bonchev–Trinajstić information content (AvgIpc) is 2.43. The molecule has 0 bridgehead atoms. The van der Waals surface area contributed by atoms with E-state index in [0.29, 0.717) is 10.1 Å². The average molecular weight is 194 g/mol. The van der Waals surface area contributed by atoms with Gasteiger partial charge in [0.25, 0.3) is 5.69 Å². The number of hydrogen-bond donors (Lipinski definition) is 2. The third kappa shape index (κ3) is 1.05. The summed E-state index contributed by atoms with van der Waals surface area (Å²) in [5.41, 5.74) is 0.0719. The van der Waals surface area contributed by atoms with Crippen molar-refractivity contribution in [2.45, 2.75) is 0 Å². The van der Waals surface area contributed by atoms with E-state index in [2.05, 4.69) is 0 Å². The molecule has 0 aliphatic rings. The quantitative estimate of drug-likeness (QED) is 0.409. The van der Waals surface area contributed by atoms with Gasteiger partial charge in [0.05, 0.1) is 10.4 Å². The Morgan fingerprint density at radius 3 is 2.71 bits per heavy atom. The fourth-order valence-corrected chi connectivity index (χ4v) is 1.27. The van der Waals surface area contributed by atoms with Crippen LogP contribution in [0.1, 0.15) is 0 Å². The first-order valence-corrected chi connectivity index (χ1v) is 3.77. The maximum absolute atomic E-state index is 10.4. The summed E-state index contributed by atoms with van der Waals surface area (Å²) in [4.78, 5) is 9.85.